The van der Waals surface area contributed by atoms with Gasteiger partial charge in [0.2, 0.25) is 5.60 Å². The molecular weight excluding hydrogens is 681 g/mol. The number of esters is 3. The van der Waals surface area contributed by atoms with Crippen LogP contribution in [0.3, 0.4) is 0 Å². The maximum absolute atomic E-state index is 14.5. The number of nitriles is 1. The van der Waals surface area contributed by atoms with Crippen LogP contribution in [0.4, 0.5) is 5.69 Å². The predicted molar refractivity (Wildman–Crippen MR) is 183 cm³/mol. The molecule has 274 valence electrons. The highest BCUT2D eigenvalue weighted by Crippen LogP contribution is 2.50. The van der Waals surface area contributed by atoms with Gasteiger partial charge in [-0.1, -0.05) is 45.9 Å². The predicted octanol–water partition coefficient (Wildman–Crippen LogP) is 5.05. The summed E-state index contributed by atoms with van der Waals surface area (Å²) in [5.74, 6) is -3.16. The highest BCUT2D eigenvalue weighted by atomic mass is 31.2. The third-order valence-corrected chi connectivity index (χ3v) is 10.3. The van der Waals surface area contributed by atoms with Crippen LogP contribution in [0.25, 0.3) is 5.52 Å². The molecule has 15 nitrogen and oxygen atoms in total. The number of anilines is 1. The molecule has 2 aromatic heterocycles. The standard InChI is InChI=1S/C35H44N5O10P/c1-21(2)32(41)47-30-29(28-16-15-27-26(37)17-18-38-40(27)28)49-35(19-36,31(30)48-33(42)22(3)4)20-45-51(44,50-25-13-7-6-8-14-25)39-23(5)34(43)46-24-11-9-10-12-24/h6-8,13-18,21-24,29-31H,9-12,20,37H2,1-5H3,(H,39,44)/t23-,29-,30-,31-,35+,51?/m0/s1. The molecule has 2 fully saturated rings. The van der Waals surface area contributed by atoms with Gasteiger partial charge in [0.1, 0.15) is 36.7 Å². The Labute approximate surface area is 296 Å². The lowest BCUT2D eigenvalue weighted by Crippen LogP contribution is -2.50. The molecule has 0 bridgehead atoms. The van der Waals surface area contributed by atoms with Gasteiger partial charge in [0.05, 0.1) is 28.7 Å². The Bertz CT molecular complexity index is 1800. The number of nitrogens with two attached hydrogens (primary N) is 1. The van der Waals surface area contributed by atoms with Crippen molar-refractivity contribution < 1.29 is 46.9 Å². The molecular formula is C35H44N5O10P. The molecule has 3 heterocycles. The van der Waals surface area contributed by atoms with Crippen LogP contribution < -0.4 is 15.3 Å². The highest BCUT2D eigenvalue weighted by Gasteiger charge is 2.62. The van der Waals surface area contributed by atoms with E-state index in [1.807, 2.05) is 0 Å². The van der Waals surface area contributed by atoms with Crippen molar-refractivity contribution in [3.05, 3.63) is 60.4 Å². The molecule has 3 N–H and O–H groups in total. The zero-order valence-electron chi connectivity index (χ0n) is 29.2. The average Bonchev–Trinajstić information content (AvgIpc) is 3.84. The third-order valence-electron chi connectivity index (χ3n) is 8.64. The van der Waals surface area contributed by atoms with Crippen molar-refractivity contribution >= 4 is 36.9 Å². The van der Waals surface area contributed by atoms with Crippen molar-refractivity contribution in [1.82, 2.24) is 14.7 Å². The fraction of sp³-hybridized carbons (Fsp3) is 0.514. The molecule has 0 radical (unpaired) electrons. The maximum Gasteiger partial charge on any atom is 0.459 e. The van der Waals surface area contributed by atoms with E-state index in [-0.39, 0.29) is 11.9 Å². The number of fused-ring (bicyclic) bond motifs is 1. The first-order valence-electron chi connectivity index (χ1n) is 17.0. The topological polar surface area (TPSA) is 203 Å². The summed E-state index contributed by atoms with van der Waals surface area (Å²) >= 11 is 0. The maximum atomic E-state index is 14.5. The number of benzene rings is 1. The Balaban J connectivity index is 1.53. The molecule has 16 heteroatoms. The van der Waals surface area contributed by atoms with E-state index >= 15 is 0 Å². The SMILES string of the molecule is CC(C)C(=O)O[C@H]1[C@H](c2ccc3c(N)ccnn23)O[C@](C#N)(COP(=O)(N[C@@H](C)C(=O)OC2CCCC2)Oc2ccccc2)[C@H]1OC(=O)C(C)C. The molecule has 1 aliphatic heterocycles. The van der Waals surface area contributed by atoms with Crippen molar-refractivity contribution in [2.75, 3.05) is 12.3 Å². The second-order valence-corrected chi connectivity index (χ2v) is 15.0. The van der Waals surface area contributed by atoms with Crippen LogP contribution >= 0.6 is 7.75 Å². The van der Waals surface area contributed by atoms with Crippen LogP contribution in [0, 0.1) is 23.2 Å². The number of carbonyl (C=O) groups excluding carboxylic acids is 3. The number of nitrogens with one attached hydrogen (secondary N) is 1. The van der Waals surface area contributed by atoms with Gasteiger partial charge in [0.15, 0.2) is 12.2 Å². The highest BCUT2D eigenvalue weighted by molar-refractivity contribution is 7.52. The normalized spacial score (nSPS) is 23.8. The molecule has 1 saturated carbocycles. The van der Waals surface area contributed by atoms with Crippen LogP contribution in [0.2, 0.25) is 0 Å². The molecule has 5 rings (SSSR count). The number of hydrogen-bond acceptors (Lipinski definition) is 13. The third kappa shape index (κ3) is 8.53. The van der Waals surface area contributed by atoms with Gasteiger partial charge in [0, 0.05) is 6.20 Å². The lowest BCUT2D eigenvalue weighted by Gasteiger charge is -2.31. The lowest BCUT2D eigenvalue weighted by molar-refractivity contribution is -0.173. The summed E-state index contributed by atoms with van der Waals surface area (Å²) in [6, 6.07) is 13.9. The summed E-state index contributed by atoms with van der Waals surface area (Å²) < 4.78 is 51.6. The van der Waals surface area contributed by atoms with Crippen LogP contribution in [0.1, 0.15) is 72.1 Å². The number of hydrogen-bond donors (Lipinski definition) is 2. The van der Waals surface area contributed by atoms with Gasteiger partial charge in [-0.15, -0.1) is 0 Å². The Morgan fingerprint density at radius 1 is 1.00 bits per heavy atom. The molecule has 6 atom stereocenters. The second-order valence-electron chi connectivity index (χ2n) is 13.3. The fourth-order valence-electron chi connectivity index (χ4n) is 5.80. The molecule has 2 aliphatic rings. The summed E-state index contributed by atoms with van der Waals surface area (Å²) in [7, 11) is -4.54. The number of aromatic nitrogens is 2. The summed E-state index contributed by atoms with van der Waals surface area (Å²) in [6.45, 7) is 7.07. The first-order chi connectivity index (χ1) is 24.3. The number of carbonyl (C=O) groups is 3. The lowest BCUT2D eigenvalue weighted by atomic mass is 9.95. The minimum atomic E-state index is -4.54. The quantitative estimate of drug-likeness (QED) is 0.127. The summed E-state index contributed by atoms with van der Waals surface area (Å²) in [5, 5.41) is 17.8. The fourth-order valence-corrected chi connectivity index (χ4v) is 7.32. The van der Waals surface area contributed by atoms with E-state index in [1.54, 1.807) is 64.1 Å². The van der Waals surface area contributed by atoms with Gasteiger partial charge in [-0.05, 0) is 62.9 Å². The van der Waals surface area contributed by atoms with E-state index in [0.717, 1.165) is 25.7 Å². The second kappa shape index (κ2) is 15.8. The summed E-state index contributed by atoms with van der Waals surface area (Å²) in [4.78, 5) is 39.3. The van der Waals surface area contributed by atoms with E-state index in [0.29, 0.717) is 16.9 Å². The van der Waals surface area contributed by atoms with Gasteiger partial charge < -0.3 is 29.2 Å². The molecule has 51 heavy (non-hydrogen) atoms. The van der Waals surface area contributed by atoms with Crippen LogP contribution in [0.5, 0.6) is 5.75 Å². The van der Waals surface area contributed by atoms with Crippen LogP contribution in [0.15, 0.2) is 54.7 Å². The van der Waals surface area contributed by atoms with Crippen LogP contribution in [-0.4, -0.2) is 64.1 Å². The van der Waals surface area contributed by atoms with Crippen molar-refractivity contribution in [2.45, 2.75) is 96.4 Å². The van der Waals surface area contributed by atoms with Crippen molar-refractivity contribution in [3.63, 3.8) is 0 Å². The largest absolute Gasteiger partial charge is 0.461 e. The summed E-state index contributed by atoms with van der Waals surface area (Å²) in [5.41, 5.74) is 5.18. The minimum absolute atomic E-state index is 0.135. The van der Waals surface area contributed by atoms with Gasteiger partial charge >= 0.3 is 25.7 Å². The molecule has 1 saturated heterocycles. The average molecular weight is 726 g/mol. The number of para-hydroxylation sites is 1. The van der Waals surface area contributed by atoms with Crippen molar-refractivity contribution in [1.29, 1.82) is 5.26 Å². The molecule has 1 aromatic carbocycles. The number of nitrogens with zero attached hydrogens (tertiary/aromatic N) is 3. The monoisotopic (exact) mass is 725 g/mol. The van der Waals surface area contributed by atoms with E-state index < -0.39 is 74.1 Å². The molecule has 1 aliphatic carbocycles. The minimum Gasteiger partial charge on any atom is -0.461 e. The van der Waals surface area contributed by atoms with Gasteiger partial charge in [0.25, 0.3) is 0 Å². The Morgan fingerprint density at radius 3 is 2.31 bits per heavy atom. The Kier molecular flexibility index (Phi) is 11.7. The van der Waals surface area contributed by atoms with Crippen molar-refractivity contribution in [3.8, 4) is 11.8 Å². The van der Waals surface area contributed by atoms with Gasteiger partial charge in [-0.3, -0.25) is 18.9 Å². The molecule has 1 unspecified atom stereocenters. The summed E-state index contributed by atoms with van der Waals surface area (Å²) in [6.07, 6.45) is 0.321. The number of ether oxygens (including phenoxy) is 4. The van der Waals surface area contributed by atoms with Crippen molar-refractivity contribution in [2.24, 2.45) is 11.8 Å². The Morgan fingerprint density at radius 2 is 1.67 bits per heavy atom. The first-order valence-corrected chi connectivity index (χ1v) is 18.5. The van der Waals surface area contributed by atoms with E-state index in [9.17, 15) is 24.2 Å². The molecule has 3 aromatic rings. The number of rotatable bonds is 14. The first kappa shape index (κ1) is 37.8. The van der Waals surface area contributed by atoms with Gasteiger partial charge in [-0.25, -0.2) is 9.08 Å². The van der Waals surface area contributed by atoms with E-state index in [2.05, 4.69) is 16.3 Å². The molecule has 0 amide bonds. The Hall–Kier alpha value is -4.48. The van der Waals surface area contributed by atoms with Gasteiger partial charge in [-0.2, -0.15) is 15.4 Å². The van der Waals surface area contributed by atoms with Crippen LogP contribution in [-0.2, 0) is 42.4 Å². The molecule has 0 spiro atoms. The van der Waals surface area contributed by atoms with E-state index in [4.69, 9.17) is 33.7 Å². The smallest absolute Gasteiger partial charge is 0.459 e. The zero-order chi connectivity index (χ0) is 36.9. The number of nitrogen functional groups attached to an aromatic ring is 1. The zero-order valence-corrected chi connectivity index (χ0v) is 30.1. The van der Waals surface area contributed by atoms with E-state index in [1.165, 1.54) is 29.8 Å².